The molecule has 0 aliphatic heterocycles. The lowest BCUT2D eigenvalue weighted by Gasteiger charge is -2.09. The molecule has 4 nitrogen and oxygen atoms in total. The van der Waals surface area contributed by atoms with Crippen molar-refractivity contribution in [2.45, 2.75) is 6.42 Å². The van der Waals surface area contributed by atoms with Gasteiger partial charge in [0.1, 0.15) is 17.3 Å². The van der Waals surface area contributed by atoms with Gasteiger partial charge in [-0.3, -0.25) is 0 Å². The Hall–Kier alpha value is -2.10. The minimum atomic E-state index is 0.647. The van der Waals surface area contributed by atoms with Gasteiger partial charge in [-0.25, -0.2) is 9.97 Å². The van der Waals surface area contributed by atoms with E-state index >= 15 is 0 Å². The van der Waals surface area contributed by atoms with E-state index in [9.17, 15) is 0 Å². The average molecular weight is 230 g/mol. The smallest absolute Gasteiger partial charge is 0.132 e. The van der Waals surface area contributed by atoms with Gasteiger partial charge >= 0.3 is 0 Å². The van der Waals surface area contributed by atoms with Gasteiger partial charge in [0.15, 0.2) is 0 Å². The number of rotatable bonds is 4. The Balaban J connectivity index is 2.26. The highest BCUT2D eigenvalue weighted by molar-refractivity contribution is 5.41. The van der Waals surface area contributed by atoms with Gasteiger partial charge in [-0.15, -0.1) is 0 Å². The van der Waals surface area contributed by atoms with Gasteiger partial charge in [-0.05, 0) is 12.1 Å². The summed E-state index contributed by atoms with van der Waals surface area (Å²) in [6.07, 6.45) is 4.12. The molecule has 2 rings (SSSR count). The van der Waals surface area contributed by atoms with E-state index in [2.05, 4.69) is 9.97 Å². The Morgan fingerprint density at radius 3 is 2.47 bits per heavy atom. The lowest BCUT2D eigenvalue weighted by Crippen LogP contribution is -1.98. The van der Waals surface area contributed by atoms with E-state index in [1.54, 1.807) is 32.7 Å². The van der Waals surface area contributed by atoms with Gasteiger partial charge in [0, 0.05) is 30.4 Å². The van der Waals surface area contributed by atoms with Crippen LogP contribution in [0.1, 0.15) is 11.4 Å². The fourth-order valence-electron chi connectivity index (χ4n) is 1.59. The van der Waals surface area contributed by atoms with E-state index in [4.69, 9.17) is 9.47 Å². The molecule has 0 atom stereocenters. The predicted molar refractivity (Wildman–Crippen MR) is 64.4 cm³/mol. The first-order valence-corrected chi connectivity index (χ1v) is 5.30. The Bertz CT molecular complexity index is 486. The molecule has 0 radical (unpaired) electrons. The molecule has 0 amide bonds. The quantitative estimate of drug-likeness (QED) is 0.806. The highest BCUT2D eigenvalue weighted by atomic mass is 16.5. The summed E-state index contributed by atoms with van der Waals surface area (Å²) in [5.41, 5.74) is 1.04. The molecular formula is C13H14N2O2. The van der Waals surface area contributed by atoms with Crippen molar-refractivity contribution >= 4 is 0 Å². The van der Waals surface area contributed by atoms with Crippen molar-refractivity contribution in [1.29, 1.82) is 0 Å². The normalized spacial score (nSPS) is 10.0. The third-order valence-electron chi connectivity index (χ3n) is 2.46. The molecule has 0 spiro atoms. The largest absolute Gasteiger partial charge is 0.497 e. The SMILES string of the molecule is COc1ccc(Cc2ncccn2)c(OC)c1. The summed E-state index contributed by atoms with van der Waals surface area (Å²) < 4.78 is 10.5. The lowest BCUT2D eigenvalue weighted by molar-refractivity contribution is 0.391. The van der Waals surface area contributed by atoms with Crippen molar-refractivity contribution in [1.82, 2.24) is 9.97 Å². The zero-order chi connectivity index (χ0) is 12.1. The second-order valence-electron chi connectivity index (χ2n) is 3.52. The van der Waals surface area contributed by atoms with Gasteiger partial charge in [0.05, 0.1) is 14.2 Å². The zero-order valence-corrected chi connectivity index (χ0v) is 9.88. The van der Waals surface area contributed by atoms with Crippen LogP contribution in [0.15, 0.2) is 36.7 Å². The molecule has 17 heavy (non-hydrogen) atoms. The van der Waals surface area contributed by atoms with Gasteiger partial charge < -0.3 is 9.47 Å². The first-order chi connectivity index (χ1) is 8.33. The zero-order valence-electron chi connectivity index (χ0n) is 9.88. The molecule has 0 N–H and O–H groups in total. The standard InChI is InChI=1S/C13H14N2O2/c1-16-11-5-4-10(12(9-11)17-2)8-13-14-6-3-7-15-13/h3-7,9H,8H2,1-2H3. The molecule has 1 aromatic heterocycles. The molecule has 0 aliphatic carbocycles. The Morgan fingerprint density at radius 2 is 1.82 bits per heavy atom. The monoisotopic (exact) mass is 230 g/mol. The van der Waals surface area contributed by atoms with Crippen molar-refractivity contribution < 1.29 is 9.47 Å². The van der Waals surface area contributed by atoms with Crippen LogP contribution in [0.2, 0.25) is 0 Å². The number of nitrogens with zero attached hydrogens (tertiary/aromatic N) is 2. The van der Waals surface area contributed by atoms with Crippen molar-refractivity contribution in [2.75, 3.05) is 14.2 Å². The molecule has 0 saturated heterocycles. The van der Waals surface area contributed by atoms with Crippen LogP contribution in [-0.2, 0) is 6.42 Å². The summed E-state index contributed by atoms with van der Waals surface area (Å²) in [5, 5.41) is 0. The summed E-state index contributed by atoms with van der Waals surface area (Å²) in [4.78, 5) is 8.39. The summed E-state index contributed by atoms with van der Waals surface area (Å²) in [5.74, 6) is 2.34. The van der Waals surface area contributed by atoms with Crippen LogP contribution in [0.5, 0.6) is 11.5 Å². The molecule has 2 aromatic rings. The Kier molecular flexibility index (Phi) is 3.55. The molecule has 88 valence electrons. The first kappa shape index (κ1) is 11.4. The highest BCUT2D eigenvalue weighted by Gasteiger charge is 2.07. The van der Waals surface area contributed by atoms with Crippen LogP contribution in [-0.4, -0.2) is 24.2 Å². The van der Waals surface area contributed by atoms with E-state index in [1.165, 1.54) is 0 Å². The maximum absolute atomic E-state index is 5.32. The Labute approximate surface area is 100 Å². The highest BCUT2D eigenvalue weighted by Crippen LogP contribution is 2.25. The number of ether oxygens (including phenoxy) is 2. The third kappa shape index (κ3) is 2.72. The van der Waals surface area contributed by atoms with E-state index in [1.807, 2.05) is 18.2 Å². The summed E-state index contributed by atoms with van der Waals surface area (Å²) in [6, 6.07) is 7.53. The summed E-state index contributed by atoms with van der Waals surface area (Å²) in [6.45, 7) is 0. The Morgan fingerprint density at radius 1 is 1.06 bits per heavy atom. The van der Waals surface area contributed by atoms with Crippen molar-refractivity contribution in [3.05, 3.63) is 48.0 Å². The fraction of sp³-hybridized carbons (Fsp3) is 0.231. The molecule has 4 heteroatoms. The maximum Gasteiger partial charge on any atom is 0.132 e. The molecule has 1 heterocycles. The van der Waals surface area contributed by atoms with Gasteiger partial charge in [-0.1, -0.05) is 6.07 Å². The fourth-order valence-corrected chi connectivity index (χ4v) is 1.59. The molecule has 0 bridgehead atoms. The summed E-state index contributed by atoms with van der Waals surface area (Å²) in [7, 11) is 3.28. The second-order valence-corrected chi connectivity index (χ2v) is 3.52. The van der Waals surface area contributed by atoms with Crippen molar-refractivity contribution in [3.63, 3.8) is 0 Å². The molecule has 0 aliphatic rings. The molecular weight excluding hydrogens is 216 g/mol. The van der Waals surface area contributed by atoms with Gasteiger partial charge in [-0.2, -0.15) is 0 Å². The average Bonchev–Trinajstić information content (AvgIpc) is 2.40. The lowest BCUT2D eigenvalue weighted by atomic mass is 10.1. The first-order valence-electron chi connectivity index (χ1n) is 5.30. The van der Waals surface area contributed by atoms with Gasteiger partial charge in [0.25, 0.3) is 0 Å². The van der Waals surface area contributed by atoms with E-state index in [0.717, 1.165) is 22.9 Å². The number of aromatic nitrogens is 2. The van der Waals surface area contributed by atoms with Crippen LogP contribution in [0.3, 0.4) is 0 Å². The topological polar surface area (TPSA) is 44.2 Å². The van der Waals surface area contributed by atoms with Crippen LogP contribution >= 0.6 is 0 Å². The van der Waals surface area contributed by atoms with Crippen LogP contribution < -0.4 is 9.47 Å². The molecule has 1 aromatic carbocycles. The van der Waals surface area contributed by atoms with Crippen LogP contribution in [0, 0.1) is 0 Å². The molecule has 0 saturated carbocycles. The summed E-state index contributed by atoms with van der Waals surface area (Å²) >= 11 is 0. The predicted octanol–water partition coefficient (Wildman–Crippen LogP) is 2.08. The van der Waals surface area contributed by atoms with Crippen molar-refractivity contribution in [2.24, 2.45) is 0 Å². The van der Waals surface area contributed by atoms with E-state index in [-0.39, 0.29) is 0 Å². The number of methoxy groups -OCH3 is 2. The van der Waals surface area contributed by atoms with Gasteiger partial charge in [0.2, 0.25) is 0 Å². The number of hydrogen-bond donors (Lipinski definition) is 0. The van der Waals surface area contributed by atoms with E-state index < -0.39 is 0 Å². The number of benzene rings is 1. The minimum absolute atomic E-state index is 0.647. The molecule has 0 unspecified atom stereocenters. The molecule has 0 fully saturated rings. The van der Waals surface area contributed by atoms with Crippen molar-refractivity contribution in [3.8, 4) is 11.5 Å². The maximum atomic E-state index is 5.32. The number of hydrogen-bond acceptors (Lipinski definition) is 4. The second kappa shape index (κ2) is 5.30. The minimum Gasteiger partial charge on any atom is -0.497 e. The van der Waals surface area contributed by atoms with E-state index in [0.29, 0.717) is 6.42 Å². The van der Waals surface area contributed by atoms with Crippen LogP contribution in [0.25, 0.3) is 0 Å². The third-order valence-corrected chi connectivity index (χ3v) is 2.46. The van der Waals surface area contributed by atoms with Crippen LogP contribution in [0.4, 0.5) is 0 Å².